The van der Waals surface area contributed by atoms with E-state index < -0.39 is 0 Å². The quantitative estimate of drug-likeness (QED) is 0.559. The molecule has 6 unspecified atom stereocenters. The molecule has 0 bridgehead atoms. The molecule has 29 heavy (non-hydrogen) atoms. The van der Waals surface area contributed by atoms with Crippen molar-refractivity contribution < 1.29 is 9.90 Å². The number of aliphatic hydroxyl groups is 1. The van der Waals surface area contributed by atoms with Crippen LogP contribution in [-0.4, -0.2) is 26.8 Å². The number of carbonyl (C=O) groups excluding carboxylic acids is 1. The molecular weight excluding hydrogens is 360 g/mol. The molecule has 4 heteroatoms. The largest absolute Gasteiger partial charge is 0.393 e. The van der Waals surface area contributed by atoms with Gasteiger partial charge in [-0.2, -0.15) is 5.10 Å². The molecule has 6 atom stereocenters. The molecule has 1 aromatic rings. The van der Waals surface area contributed by atoms with Crippen LogP contribution in [-0.2, 0) is 11.8 Å². The lowest BCUT2D eigenvalue weighted by Crippen LogP contribution is -2.50. The second-order valence-corrected chi connectivity index (χ2v) is 10.7. The van der Waals surface area contributed by atoms with E-state index >= 15 is 0 Å². The summed E-state index contributed by atoms with van der Waals surface area (Å²) in [6, 6.07) is 0. The summed E-state index contributed by atoms with van der Waals surface area (Å²) in [5, 5.41) is 14.6. The number of allylic oxidation sites excluding steroid dienone is 2. The van der Waals surface area contributed by atoms with E-state index in [1.54, 1.807) is 0 Å². The van der Waals surface area contributed by atoms with E-state index in [2.05, 4.69) is 31.1 Å². The number of ketones is 1. The number of carbonyl (C=O) groups is 1. The lowest BCUT2D eigenvalue weighted by molar-refractivity contribution is -0.130. The minimum Gasteiger partial charge on any atom is -0.393 e. The molecule has 0 spiro atoms. The Morgan fingerprint density at radius 1 is 1.17 bits per heavy atom. The topological polar surface area (TPSA) is 55.1 Å². The molecule has 4 aliphatic rings. The van der Waals surface area contributed by atoms with Crippen molar-refractivity contribution in [3.8, 4) is 0 Å². The van der Waals surface area contributed by atoms with Gasteiger partial charge in [0.15, 0.2) is 5.78 Å². The van der Waals surface area contributed by atoms with E-state index in [1.165, 1.54) is 5.57 Å². The summed E-state index contributed by atoms with van der Waals surface area (Å²) in [6.45, 7) is 6.69. The number of fused-ring (bicyclic) bond motifs is 5. The summed E-state index contributed by atoms with van der Waals surface area (Å²) in [5.41, 5.74) is 4.58. The maximum absolute atomic E-state index is 13.5. The normalized spacial score (nSPS) is 43.0. The predicted molar refractivity (Wildman–Crippen MR) is 114 cm³/mol. The second-order valence-electron chi connectivity index (χ2n) is 10.7. The minimum atomic E-state index is -0.209. The number of aromatic nitrogens is 2. The summed E-state index contributed by atoms with van der Waals surface area (Å²) in [6.07, 6.45) is 13.4. The molecule has 0 amide bonds. The molecule has 0 saturated heterocycles. The maximum Gasteiger partial charge on any atom is 0.165 e. The lowest BCUT2D eigenvalue weighted by atomic mass is 9.48. The van der Waals surface area contributed by atoms with Crippen LogP contribution < -0.4 is 0 Å². The molecule has 3 saturated carbocycles. The second kappa shape index (κ2) is 6.41. The Balaban J connectivity index is 1.49. The highest BCUT2D eigenvalue weighted by molar-refractivity contribution is 6.06. The Kier molecular flexibility index (Phi) is 4.26. The zero-order chi connectivity index (χ0) is 20.6. The fourth-order valence-corrected chi connectivity index (χ4v) is 7.39. The third-order valence-corrected chi connectivity index (χ3v) is 9.10. The highest BCUT2D eigenvalue weighted by atomic mass is 16.3. The molecule has 0 radical (unpaired) electrons. The highest BCUT2D eigenvalue weighted by Crippen LogP contribution is 2.64. The van der Waals surface area contributed by atoms with E-state index in [9.17, 15) is 9.90 Å². The maximum atomic E-state index is 13.5. The highest BCUT2D eigenvalue weighted by Gasteiger charge is 2.59. The van der Waals surface area contributed by atoms with Crippen molar-refractivity contribution in [2.24, 2.45) is 35.6 Å². The minimum absolute atomic E-state index is 0.162. The molecule has 156 valence electrons. The molecule has 1 N–H and O–H groups in total. The molecule has 1 aromatic heterocycles. The van der Waals surface area contributed by atoms with Gasteiger partial charge in [-0.15, -0.1) is 0 Å². The van der Waals surface area contributed by atoms with Crippen molar-refractivity contribution in [3.63, 3.8) is 0 Å². The third-order valence-electron chi connectivity index (χ3n) is 9.10. The molecule has 4 nitrogen and oxygen atoms in total. The number of aliphatic hydroxyl groups excluding tert-OH is 1. The van der Waals surface area contributed by atoms with E-state index in [0.29, 0.717) is 23.5 Å². The first kappa shape index (κ1) is 19.3. The summed E-state index contributed by atoms with van der Waals surface area (Å²) in [4.78, 5) is 13.5. The van der Waals surface area contributed by atoms with Gasteiger partial charge in [-0.05, 0) is 86.7 Å². The number of nitrogens with zero attached hydrogens (tertiary/aromatic N) is 2. The van der Waals surface area contributed by atoms with Crippen LogP contribution in [0.3, 0.4) is 0 Å². The van der Waals surface area contributed by atoms with Gasteiger partial charge in [0.25, 0.3) is 0 Å². The van der Waals surface area contributed by atoms with Crippen LogP contribution in [0.25, 0.3) is 6.08 Å². The number of Topliss-reactive ketones (excluding diaryl/α,β-unsaturated/α-hetero) is 1. The summed E-state index contributed by atoms with van der Waals surface area (Å²) in [7, 11) is 1.94. The van der Waals surface area contributed by atoms with Crippen molar-refractivity contribution in [3.05, 3.63) is 34.7 Å². The fourth-order valence-electron chi connectivity index (χ4n) is 7.39. The van der Waals surface area contributed by atoms with Gasteiger partial charge in [0.2, 0.25) is 0 Å². The van der Waals surface area contributed by atoms with E-state index in [4.69, 9.17) is 0 Å². The number of hydrogen-bond acceptors (Lipinski definition) is 3. The van der Waals surface area contributed by atoms with E-state index in [0.717, 1.165) is 61.8 Å². The van der Waals surface area contributed by atoms with E-state index in [-0.39, 0.29) is 16.9 Å². The van der Waals surface area contributed by atoms with E-state index in [1.807, 2.05) is 24.9 Å². The Morgan fingerprint density at radius 2 is 1.93 bits per heavy atom. The zero-order valence-electron chi connectivity index (χ0n) is 18.2. The smallest absolute Gasteiger partial charge is 0.165 e. The van der Waals surface area contributed by atoms with Gasteiger partial charge >= 0.3 is 0 Å². The number of aryl methyl sites for hydroxylation is 2. The number of rotatable bonds is 1. The Labute approximate surface area is 174 Å². The van der Waals surface area contributed by atoms with Crippen LogP contribution in [0.4, 0.5) is 0 Å². The molecule has 1 heterocycles. The molecule has 0 aromatic carbocycles. The Morgan fingerprint density at radius 3 is 2.66 bits per heavy atom. The average Bonchev–Trinajstić information content (AvgIpc) is 3.12. The number of hydrogen-bond donors (Lipinski definition) is 1. The van der Waals surface area contributed by atoms with Gasteiger partial charge in [-0.1, -0.05) is 25.5 Å². The van der Waals surface area contributed by atoms with Gasteiger partial charge in [-0.3, -0.25) is 9.48 Å². The van der Waals surface area contributed by atoms with Gasteiger partial charge in [0.05, 0.1) is 11.8 Å². The SMILES string of the molecule is Cc1nn(C)cc1/C=C1\CC2C3CC=C4CC(O)CCC4(C)C3CCC2(C)C1=O. The summed E-state index contributed by atoms with van der Waals surface area (Å²) < 4.78 is 1.83. The van der Waals surface area contributed by atoms with Gasteiger partial charge < -0.3 is 5.11 Å². The summed E-state index contributed by atoms with van der Waals surface area (Å²) >= 11 is 0. The first-order valence-corrected chi connectivity index (χ1v) is 11.4. The van der Waals surface area contributed by atoms with Crippen LogP contribution in [0.1, 0.15) is 70.1 Å². The fraction of sp³-hybridized carbons (Fsp3) is 0.680. The van der Waals surface area contributed by atoms with Crippen molar-refractivity contribution >= 4 is 11.9 Å². The zero-order valence-corrected chi connectivity index (χ0v) is 18.2. The molecule has 5 rings (SSSR count). The van der Waals surface area contributed by atoms with Crippen LogP contribution in [0.5, 0.6) is 0 Å². The third kappa shape index (κ3) is 2.74. The van der Waals surface area contributed by atoms with Crippen molar-refractivity contribution in [1.82, 2.24) is 9.78 Å². The summed E-state index contributed by atoms with van der Waals surface area (Å²) in [5.74, 6) is 2.06. The standard InChI is InChI=1S/C25H34N2O2/c1-15-17(14-27(4)26-15)11-16-12-22-20-6-5-18-13-19(28)7-9-24(18,2)21(20)8-10-25(22,3)23(16)29/h5,11,14,19-22,28H,6-10,12-13H2,1-4H3/b16-11+. The molecule has 0 aliphatic heterocycles. The lowest BCUT2D eigenvalue weighted by Gasteiger charge is -2.56. The molecule has 3 fully saturated rings. The van der Waals surface area contributed by atoms with Crippen LogP contribution in [0, 0.1) is 35.5 Å². The van der Waals surface area contributed by atoms with Crippen LogP contribution in [0.2, 0.25) is 0 Å². The van der Waals surface area contributed by atoms with Crippen molar-refractivity contribution in [2.75, 3.05) is 0 Å². The Hall–Kier alpha value is -1.68. The Bertz CT molecular complexity index is 925. The molecule has 4 aliphatic carbocycles. The average molecular weight is 395 g/mol. The van der Waals surface area contributed by atoms with Crippen molar-refractivity contribution in [2.45, 2.75) is 71.8 Å². The predicted octanol–water partition coefficient (Wildman–Crippen LogP) is 4.61. The van der Waals surface area contributed by atoms with Crippen LogP contribution >= 0.6 is 0 Å². The van der Waals surface area contributed by atoms with Gasteiger partial charge in [0.1, 0.15) is 0 Å². The van der Waals surface area contributed by atoms with Crippen LogP contribution in [0.15, 0.2) is 23.4 Å². The first-order valence-electron chi connectivity index (χ1n) is 11.4. The molecular formula is C25H34N2O2. The first-order chi connectivity index (χ1) is 13.7. The van der Waals surface area contributed by atoms with Gasteiger partial charge in [-0.25, -0.2) is 0 Å². The van der Waals surface area contributed by atoms with Crippen molar-refractivity contribution in [1.29, 1.82) is 0 Å². The van der Waals surface area contributed by atoms with Gasteiger partial charge in [0, 0.05) is 24.2 Å². The monoisotopic (exact) mass is 394 g/mol.